The summed E-state index contributed by atoms with van der Waals surface area (Å²) < 4.78 is 33.1. The van der Waals surface area contributed by atoms with Crippen LogP contribution in [0.5, 0.6) is 11.5 Å². The summed E-state index contributed by atoms with van der Waals surface area (Å²) in [6.45, 7) is 8.61. The van der Waals surface area contributed by atoms with Crippen molar-refractivity contribution < 1.29 is 23.4 Å². The van der Waals surface area contributed by atoms with E-state index in [1.165, 1.54) is 12.1 Å². The van der Waals surface area contributed by atoms with Crippen LogP contribution < -0.4 is 10.1 Å². The predicted octanol–water partition coefficient (Wildman–Crippen LogP) is 3.12. The Kier molecular flexibility index (Phi) is 8.39. The lowest BCUT2D eigenvalue weighted by Gasteiger charge is -2.31. The van der Waals surface area contributed by atoms with Crippen LogP contribution in [-0.2, 0) is 15.4 Å². The van der Waals surface area contributed by atoms with E-state index in [1.807, 2.05) is 12.1 Å². The Morgan fingerprint density at radius 2 is 1.67 bits per heavy atom. The number of aromatic hydroxyl groups is 1. The van der Waals surface area contributed by atoms with Gasteiger partial charge in [-0.3, -0.25) is 0 Å². The molecular formula is C25H36N2O5S. The lowest BCUT2D eigenvalue weighted by Crippen LogP contribution is -2.42. The van der Waals surface area contributed by atoms with Gasteiger partial charge in [-0.2, -0.15) is 4.31 Å². The average molecular weight is 477 g/mol. The van der Waals surface area contributed by atoms with E-state index in [2.05, 4.69) is 26.1 Å². The van der Waals surface area contributed by atoms with Crippen molar-refractivity contribution in [2.45, 2.75) is 50.0 Å². The number of sulfonamides is 1. The number of phenolic OH excluding ortho intramolecular Hbond substituents is 1. The van der Waals surface area contributed by atoms with Gasteiger partial charge in [0.1, 0.15) is 24.2 Å². The van der Waals surface area contributed by atoms with Gasteiger partial charge in [0.2, 0.25) is 10.0 Å². The fourth-order valence-electron chi connectivity index (χ4n) is 3.88. The second-order valence-corrected chi connectivity index (χ2v) is 11.7. The zero-order valence-corrected chi connectivity index (χ0v) is 20.5. The molecule has 0 amide bonds. The van der Waals surface area contributed by atoms with Gasteiger partial charge < -0.3 is 20.3 Å². The number of piperidine rings is 1. The minimum absolute atomic E-state index is 0.0150. The van der Waals surface area contributed by atoms with Gasteiger partial charge in [-0.15, -0.1) is 0 Å². The first-order chi connectivity index (χ1) is 15.6. The Bertz CT molecular complexity index is 977. The molecule has 0 aromatic heterocycles. The molecule has 8 heteroatoms. The maximum atomic E-state index is 13.0. The first-order valence-corrected chi connectivity index (χ1v) is 12.9. The standard InChI is InChI=1S/C25H36N2O5S/c1-25(2,3)20-4-10-24(11-5-20)33(30,31)27-14-12-19(13-15-27)16-26-17-22(29)18-32-23-8-6-21(28)7-9-23/h4-11,19,22,26,28-29H,12-18H2,1-3H3/t22-/m0/s1. The summed E-state index contributed by atoms with van der Waals surface area (Å²) in [4.78, 5) is 0.351. The van der Waals surface area contributed by atoms with Crippen molar-refractivity contribution in [3.8, 4) is 11.5 Å². The molecule has 3 N–H and O–H groups in total. The molecule has 3 rings (SSSR count). The zero-order chi connectivity index (χ0) is 24.1. The van der Waals surface area contributed by atoms with Crippen molar-refractivity contribution >= 4 is 10.0 Å². The minimum atomic E-state index is -3.48. The first kappa shape index (κ1) is 25.5. The SMILES string of the molecule is CC(C)(C)c1ccc(S(=O)(=O)N2CCC(CNC[C@H](O)COc3ccc(O)cc3)CC2)cc1. The quantitative estimate of drug-likeness (QED) is 0.514. The Morgan fingerprint density at radius 3 is 2.24 bits per heavy atom. The van der Waals surface area contributed by atoms with Crippen LogP contribution >= 0.6 is 0 Å². The summed E-state index contributed by atoms with van der Waals surface area (Å²) in [7, 11) is -3.48. The highest BCUT2D eigenvalue weighted by molar-refractivity contribution is 7.89. The van der Waals surface area contributed by atoms with E-state index < -0.39 is 16.1 Å². The normalized spacial score (nSPS) is 17.1. The zero-order valence-electron chi connectivity index (χ0n) is 19.7. The van der Waals surface area contributed by atoms with Crippen LogP contribution in [0.25, 0.3) is 0 Å². The monoisotopic (exact) mass is 476 g/mol. The number of rotatable bonds is 9. The molecule has 33 heavy (non-hydrogen) atoms. The molecule has 1 aliphatic rings. The van der Waals surface area contributed by atoms with Crippen LogP contribution in [0.4, 0.5) is 0 Å². The fraction of sp³-hybridized carbons (Fsp3) is 0.520. The van der Waals surface area contributed by atoms with E-state index >= 15 is 0 Å². The summed E-state index contributed by atoms with van der Waals surface area (Å²) in [6, 6.07) is 13.6. The third-order valence-corrected chi connectivity index (χ3v) is 7.94. The number of aliphatic hydroxyl groups excluding tert-OH is 1. The number of hydrogen-bond donors (Lipinski definition) is 3. The van der Waals surface area contributed by atoms with Crippen LogP contribution in [0.2, 0.25) is 0 Å². The molecule has 7 nitrogen and oxygen atoms in total. The smallest absolute Gasteiger partial charge is 0.243 e. The number of nitrogens with zero attached hydrogens (tertiary/aromatic N) is 1. The van der Waals surface area contributed by atoms with Gasteiger partial charge in [-0.25, -0.2) is 8.42 Å². The predicted molar refractivity (Wildman–Crippen MR) is 129 cm³/mol. The van der Waals surface area contributed by atoms with Gasteiger partial charge in [-0.1, -0.05) is 32.9 Å². The molecule has 2 aromatic carbocycles. The number of nitrogens with one attached hydrogen (secondary N) is 1. The number of aliphatic hydroxyl groups is 1. The molecule has 1 heterocycles. The highest BCUT2D eigenvalue weighted by atomic mass is 32.2. The average Bonchev–Trinajstić information content (AvgIpc) is 2.78. The van der Waals surface area contributed by atoms with E-state index in [0.29, 0.717) is 36.2 Å². The van der Waals surface area contributed by atoms with Crippen LogP contribution in [-0.4, -0.2) is 61.8 Å². The van der Waals surface area contributed by atoms with Crippen molar-refractivity contribution in [2.75, 3.05) is 32.8 Å². The van der Waals surface area contributed by atoms with Gasteiger partial charge in [-0.05, 0) is 72.7 Å². The van der Waals surface area contributed by atoms with Gasteiger partial charge in [0.15, 0.2) is 0 Å². The molecule has 182 valence electrons. The maximum absolute atomic E-state index is 13.0. The van der Waals surface area contributed by atoms with Crippen LogP contribution in [0.3, 0.4) is 0 Å². The molecule has 2 aromatic rings. The molecule has 1 fully saturated rings. The van der Waals surface area contributed by atoms with Gasteiger partial charge in [0.05, 0.1) is 4.90 Å². The van der Waals surface area contributed by atoms with E-state index in [-0.39, 0.29) is 17.8 Å². The molecule has 0 radical (unpaired) electrons. The fourth-order valence-corrected chi connectivity index (χ4v) is 5.35. The summed E-state index contributed by atoms with van der Waals surface area (Å²) in [5.41, 5.74) is 1.10. The van der Waals surface area contributed by atoms with Gasteiger partial charge in [0, 0.05) is 19.6 Å². The van der Waals surface area contributed by atoms with E-state index in [4.69, 9.17) is 4.74 Å². The number of phenols is 1. The Balaban J connectivity index is 1.39. The summed E-state index contributed by atoms with van der Waals surface area (Å²) in [6.07, 6.45) is 0.911. The molecule has 1 saturated heterocycles. The van der Waals surface area contributed by atoms with E-state index in [9.17, 15) is 18.6 Å². The van der Waals surface area contributed by atoms with E-state index in [0.717, 1.165) is 24.9 Å². The third kappa shape index (κ3) is 7.17. The maximum Gasteiger partial charge on any atom is 0.243 e. The van der Waals surface area contributed by atoms with Crippen molar-refractivity contribution in [2.24, 2.45) is 5.92 Å². The van der Waals surface area contributed by atoms with Crippen molar-refractivity contribution in [1.29, 1.82) is 0 Å². The first-order valence-electron chi connectivity index (χ1n) is 11.5. The van der Waals surface area contributed by atoms with Crippen LogP contribution in [0.1, 0.15) is 39.2 Å². The molecule has 1 atom stereocenters. The number of hydrogen-bond acceptors (Lipinski definition) is 6. The minimum Gasteiger partial charge on any atom is -0.508 e. The second kappa shape index (κ2) is 10.9. The van der Waals surface area contributed by atoms with Crippen LogP contribution in [0.15, 0.2) is 53.4 Å². The lowest BCUT2D eigenvalue weighted by molar-refractivity contribution is 0.104. The lowest BCUT2D eigenvalue weighted by atomic mass is 9.87. The van der Waals surface area contributed by atoms with Gasteiger partial charge >= 0.3 is 0 Å². The Morgan fingerprint density at radius 1 is 1.06 bits per heavy atom. The van der Waals surface area contributed by atoms with Crippen LogP contribution in [0, 0.1) is 5.92 Å². The number of ether oxygens (including phenoxy) is 1. The highest BCUT2D eigenvalue weighted by Gasteiger charge is 2.29. The van der Waals surface area contributed by atoms with Crippen molar-refractivity contribution in [3.05, 3.63) is 54.1 Å². The third-order valence-electron chi connectivity index (χ3n) is 6.02. The van der Waals surface area contributed by atoms with Gasteiger partial charge in [0.25, 0.3) is 0 Å². The molecule has 0 aliphatic carbocycles. The Labute approximate surface area is 197 Å². The molecule has 0 bridgehead atoms. The topological polar surface area (TPSA) is 99.1 Å². The Hall–Kier alpha value is -2.13. The van der Waals surface area contributed by atoms with Crippen molar-refractivity contribution in [3.63, 3.8) is 0 Å². The van der Waals surface area contributed by atoms with E-state index in [1.54, 1.807) is 28.6 Å². The molecular weight excluding hydrogens is 440 g/mol. The summed E-state index contributed by atoms with van der Waals surface area (Å²) in [5.74, 6) is 1.13. The molecule has 0 unspecified atom stereocenters. The summed E-state index contributed by atoms with van der Waals surface area (Å²) >= 11 is 0. The molecule has 1 aliphatic heterocycles. The second-order valence-electron chi connectivity index (χ2n) is 9.74. The number of benzene rings is 2. The summed E-state index contributed by atoms with van der Waals surface area (Å²) in [5, 5.41) is 22.7. The molecule has 0 spiro atoms. The highest BCUT2D eigenvalue weighted by Crippen LogP contribution is 2.27. The largest absolute Gasteiger partial charge is 0.508 e. The molecule has 0 saturated carbocycles. The van der Waals surface area contributed by atoms with Crippen molar-refractivity contribution in [1.82, 2.24) is 9.62 Å².